The first-order valence-corrected chi connectivity index (χ1v) is 6.04. The van der Waals surface area contributed by atoms with Crippen molar-refractivity contribution in [2.75, 3.05) is 19.7 Å². The van der Waals surface area contributed by atoms with Crippen molar-refractivity contribution in [1.82, 2.24) is 10.3 Å². The Labute approximate surface area is 97.0 Å². The van der Waals surface area contributed by atoms with Gasteiger partial charge in [-0.2, -0.15) is 0 Å². The lowest BCUT2D eigenvalue weighted by Crippen LogP contribution is -2.46. The molecule has 2 atom stereocenters. The second-order valence-corrected chi connectivity index (χ2v) is 4.57. The molecule has 0 aromatic heterocycles. The molecule has 1 aliphatic rings. The first-order chi connectivity index (χ1) is 7.69. The number of piperidine rings is 1. The lowest BCUT2D eigenvalue weighted by Gasteiger charge is -2.36. The molecule has 4 N–H and O–H groups in total. The number of aliphatic hydroxyl groups is 1. The van der Waals surface area contributed by atoms with Gasteiger partial charge in [-0.15, -0.1) is 0 Å². The number of likely N-dealkylation sites (tertiary alicyclic amines) is 1. The molecule has 5 nitrogen and oxygen atoms in total. The maximum absolute atomic E-state index is 11.3. The number of nitrogens with zero attached hydrogens (tertiary/aromatic N) is 1. The predicted octanol–water partition coefficient (Wildman–Crippen LogP) is -0.151. The van der Waals surface area contributed by atoms with Crippen LogP contribution in [-0.4, -0.2) is 41.7 Å². The summed E-state index contributed by atoms with van der Waals surface area (Å²) in [7, 11) is 0. The molecule has 1 fully saturated rings. The van der Waals surface area contributed by atoms with Crippen LogP contribution in [0, 0.1) is 5.92 Å². The molecule has 0 saturated carbocycles. The zero-order chi connectivity index (χ0) is 12.0. The van der Waals surface area contributed by atoms with E-state index in [4.69, 9.17) is 10.9 Å². The van der Waals surface area contributed by atoms with Gasteiger partial charge in [-0.05, 0) is 25.8 Å². The largest absolute Gasteiger partial charge is 0.396 e. The van der Waals surface area contributed by atoms with Gasteiger partial charge in [0.15, 0.2) is 0 Å². The summed E-state index contributed by atoms with van der Waals surface area (Å²) in [5.41, 5.74) is 2.19. The van der Waals surface area contributed by atoms with Crippen LogP contribution in [0.3, 0.4) is 0 Å². The Bertz CT molecular complexity index is 221. The van der Waals surface area contributed by atoms with Crippen molar-refractivity contribution >= 4 is 5.91 Å². The summed E-state index contributed by atoms with van der Waals surface area (Å²) in [6.07, 6.45) is 4.33. The topological polar surface area (TPSA) is 78.6 Å². The third-order valence-corrected chi connectivity index (χ3v) is 3.31. The molecule has 0 radical (unpaired) electrons. The van der Waals surface area contributed by atoms with Crippen LogP contribution in [-0.2, 0) is 4.79 Å². The van der Waals surface area contributed by atoms with Crippen molar-refractivity contribution in [2.24, 2.45) is 11.8 Å². The van der Waals surface area contributed by atoms with Gasteiger partial charge < -0.3 is 5.11 Å². The second kappa shape index (κ2) is 6.83. The molecule has 1 rings (SSSR count). The van der Waals surface area contributed by atoms with Crippen LogP contribution in [0.5, 0.6) is 0 Å². The monoisotopic (exact) mass is 229 g/mol. The van der Waals surface area contributed by atoms with Gasteiger partial charge >= 0.3 is 0 Å². The highest BCUT2D eigenvalue weighted by Gasteiger charge is 2.25. The number of hydrogen-bond acceptors (Lipinski definition) is 4. The number of amides is 1. The van der Waals surface area contributed by atoms with E-state index in [-0.39, 0.29) is 18.4 Å². The van der Waals surface area contributed by atoms with Gasteiger partial charge in [0.1, 0.15) is 0 Å². The maximum Gasteiger partial charge on any atom is 0.237 e. The Balaban J connectivity index is 2.45. The molecule has 0 aromatic rings. The Kier molecular flexibility index (Phi) is 5.73. The zero-order valence-electron chi connectivity index (χ0n) is 9.98. The minimum Gasteiger partial charge on any atom is -0.396 e. The van der Waals surface area contributed by atoms with Crippen LogP contribution in [0.15, 0.2) is 0 Å². The Morgan fingerprint density at radius 2 is 2.38 bits per heavy atom. The molecule has 1 amide bonds. The Morgan fingerprint density at radius 3 is 3.00 bits per heavy atom. The smallest absolute Gasteiger partial charge is 0.237 e. The van der Waals surface area contributed by atoms with Crippen molar-refractivity contribution in [3.8, 4) is 0 Å². The van der Waals surface area contributed by atoms with Gasteiger partial charge in [-0.1, -0.05) is 13.3 Å². The van der Waals surface area contributed by atoms with Crippen LogP contribution in [0.25, 0.3) is 0 Å². The summed E-state index contributed by atoms with van der Waals surface area (Å²) in [6.45, 7) is 3.85. The van der Waals surface area contributed by atoms with Crippen LogP contribution in [0.4, 0.5) is 0 Å². The number of nitrogens with one attached hydrogen (secondary N) is 1. The summed E-state index contributed by atoms with van der Waals surface area (Å²) >= 11 is 0. The average Bonchev–Trinajstić information content (AvgIpc) is 2.31. The van der Waals surface area contributed by atoms with Crippen molar-refractivity contribution in [3.05, 3.63) is 0 Å². The first kappa shape index (κ1) is 13.4. The summed E-state index contributed by atoms with van der Waals surface area (Å²) in [5.74, 6) is 4.90. The quantitative estimate of drug-likeness (QED) is 0.348. The highest BCUT2D eigenvalue weighted by atomic mass is 16.3. The summed E-state index contributed by atoms with van der Waals surface area (Å²) in [5, 5.41) is 9.00. The molecule has 94 valence electrons. The third-order valence-electron chi connectivity index (χ3n) is 3.31. The average molecular weight is 229 g/mol. The number of nitrogens with two attached hydrogens (primary N) is 1. The lowest BCUT2D eigenvalue weighted by molar-refractivity contribution is -0.125. The number of aliphatic hydroxyl groups excluding tert-OH is 1. The highest BCUT2D eigenvalue weighted by molar-refractivity contribution is 5.77. The summed E-state index contributed by atoms with van der Waals surface area (Å²) in [6, 6.07) is 0.423. The molecule has 0 spiro atoms. The van der Waals surface area contributed by atoms with E-state index in [1.54, 1.807) is 0 Å². The minimum atomic E-state index is -0.117. The predicted molar refractivity (Wildman–Crippen MR) is 62.4 cm³/mol. The molecule has 16 heavy (non-hydrogen) atoms. The Hall–Kier alpha value is -0.650. The highest BCUT2D eigenvalue weighted by Crippen LogP contribution is 2.20. The van der Waals surface area contributed by atoms with E-state index in [0.29, 0.717) is 6.04 Å². The fraction of sp³-hybridized carbons (Fsp3) is 0.909. The van der Waals surface area contributed by atoms with Crippen molar-refractivity contribution in [3.63, 3.8) is 0 Å². The second-order valence-electron chi connectivity index (χ2n) is 4.57. The van der Waals surface area contributed by atoms with Gasteiger partial charge in [0.2, 0.25) is 5.91 Å². The summed E-state index contributed by atoms with van der Waals surface area (Å²) in [4.78, 5) is 13.6. The van der Waals surface area contributed by atoms with Crippen LogP contribution in [0.1, 0.15) is 32.6 Å². The lowest BCUT2D eigenvalue weighted by atomic mass is 9.98. The van der Waals surface area contributed by atoms with Gasteiger partial charge in [-0.3, -0.25) is 15.1 Å². The van der Waals surface area contributed by atoms with E-state index in [0.717, 1.165) is 25.9 Å². The number of carbonyl (C=O) groups is 1. The molecule has 2 unspecified atom stereocenters. The molecule has 0 bridgehead atoms. The number of carbonyl (C=O) groups excluding carboxylic acids is 1. The molecule has 0 aliphatic carbocycles. The summed E-state index contributed by atoms with van der Waals surface area (Å²) < 4.78 is 0. The van der Waals surface area contributed by atoms with Crippen LogP contribution < -0.4 is 11.3 Å². The molecule has 1 aliphatic heterocycles. The van der Waals surface area contributed by atoms with Gasteiger partial charge in [0, 0.05) is 25.1 Å². The fourth-order valence-corrected chi connectivity index (χ4v) is 2.35. The van der Waals surface area contributed by atoms with Gasteiger partial charge in [0.05, 0.1) is 0 Å². The van der Waals surface area contributed by atoms with E-state index < -0.39 is 0 Å². The number of rotatable bonds is 5. The Morgan fingerprint density at radius 1 is 1.62 bits per heavy atom. The molecular weight excluding hydrogens is 206 g/mol. The molecule has 0 aromatic carbocycles. The number of hydrogen-bond donors (Lipinski definition) is 3. The van der Waals surface area contributed by atoms with Gasteiger partial charge in [0.25, 0.3) is 0 Å². The number of hydrazine groups is 1. The van der Waals surface area contributed by atoms with E-state index in [9.17, 15) is 4.79 Å². The third kappa shape index (κ3) is 3.73. The molecule has 1 saturated heterocycles. The first-order valence-electron chi connectivity index (χ1n) is 6.04. The molecule has 5 heteroatoms. The SMILES string of the molecule is CC(CN1CCCCC1CCO)C(=O)NN. The van der Waals surface area contributed by atoms with Crippen molar-refractivity contribution in [1.29, 1.82) is 0 Å². The maximum atomic E-state index is 11.3. The van der Waals surface area contributed by atoms with Crippen molar-refractivity contribution in [2.45, 2.75) is 38.6 Å². The zero-order valence-corrected chi connectivity index (χ0v) is 9.98. The fourth-order valence-electron chi connectivity index (χ4n) is 2.35. The van der Waals surface area contributed by atoms with Crippen molar-refractivity contribution < 1.29 is 9.90 Å². The van der Waals surface area contributed by atoms with E-state index in [2.05, 4.69) is 10.3 Å². The molecule has 1 heterocycles. The van der Waals surface area contributed by atoms with E-state index in [1.165, 1.54) is 12.8 Å². The minimum absolute atomic E-state index is 0.0932. The van der Waals surface area contributed by atoms with E-state index in [1.807, 2.05) is 6.92 Å². The molecular formula is C11H23N3O2. The standard InChI is InChI=1S/C11H23N3O2/c1-9(11(16)13-12)8-14-6-3-2-4-10(14)5-7-15/h9-10,15H,2-8,12H2,1H3,(H,13,16). The van der Waals surface area contributed by atoms with Crippen LogP contribution in [0.2, 0.25) is 0 Å². The van der Waals surface area contributed by atoms with Crippen LogP contribution >= 0.6 is 0 Å². The van der Waals surface area contributed by atoms with E-state index >= 15 is 0 Å². The normalized spacial score (nSPS) is 24.1. The van der Waals surface area contributed by atoms with Gasteiger partial charge in [-0.25, -0.2) is 5.84 Å².